The van der Waals surface area contributed by atoms with E-state index < -0.39 is 5.60 Å². The molecule has 2 aromatic carbocycles. The van der Waals surface area contributed by atoms with E-state index in [0.717, 1.165) is 11.1 Å². The molecule has 3 nitrogen and oxygen atoms in total. The van der Waals surface area contributed by atoms with Gasteiger partial charge in [-0.2, -0.15) is 0 Å². The Morgan fingerprint density at radius 3 is 2.09 bits per heavy atom. The fourth-order valence-corrected chi connectivity index (χ4v) is 1.45. The molecule has 0 radical (unpaired) electrons. The first-order chi connectivity index (χ1) is 10.4. The van der Waals surface area contributed by atoms with Gasteiger partial charge < -0.3 is 16.6 Å². The Bertz CT molecular complexity index is 708. The van der Waals surface area contributed by atoms with Crippen LogP contribution in [-0.4, -0.2) is 10.7 Å². The molecule has 5 N–H and O–H groups in total. The number of hydrogen-bond acceptors (Lipinski definition) is 3. The fraction of sp³-hybridized carbons (Fsp3) is 0.158. The van der Waals surface area contributed by atoms with Crippen LogP contribution < -0.4 is 11.5 Å². The topological polar surface area (TPSA) is 72.3 Å². The average molecular weight is 292 g/mol. The molecule has 0 heterocycles. The summed E-state index contributed by atoms with van der Waals surface area (Å²) in [6.07, 6.45) is 0. The highest BCUT2D eigenvalue weighted by Crippen LogP contribution is 2.05. The van der Waals surface area contributed by atoms with Gasteiger partial charge in [-0.05, 0) is 50.1 Å². The SMILES string of the molecule is CC(C)(O)C#Cc1cccc(N)c1.NC#Cc1ccccc1. The lowest BCUT2D eigenvalue weighted by molar-refractivity contribution is 0.143. The fourth-order valence-electron chi connectivity index (χ4n) is 1.45. The Morgan fingerprint density at radius 2 is 1.55 bits per heavy atom. The zero-order valence-electron chi connectivity index (χ0n) is 12.8. The van der Waals surface area contributed by atoms with E-state index in [-0.39, 0.29) is 0 Å². The van der Waals surface area contributed by atoms with Crippen LogP contribution in [0.3, 0.4) is 0 Å². The maximum Gasteiger partial charge on any atom is 0.120 e. The zero-order valence-corrected chi connectivity index (χ0v) is 12.8. The van der Waals surface area contributed by atoms with Crippen LogP contribution in [0.15, 0.2) is 54.6 Å². The third-order valence-corrected chi connectivity index (χ3v) is 2.39. The summed E-state index contributed by atoms with van der Waals surface area (Å²) >= 11 is 0. The van der Waals surface area contributed by atoms with Gasteiger partial charge in [-0.3, -0.25) is 0 Å². The van der Waals surface area contributed by atoms with Crippen molar-refractivity contribution in [3.63, 3.8) is 0 Å². The molecule has 0 saturated carbocycles. The Balaban J connectivity index is 0.000000235. The van der Waals surface area contributed by atoms with Gasteiger partial charge in [0.1, 0.15) is 5.60 Å². The number of nitrogens with two attached hydrogens (primary N) is 2. The molecule has 0 saturated heterocycles. The summed E-state index contributed by atoms with van der Waals surface area (Å²) in [7, 11) is 0. The monoisotopic (exact) mass is 292 g/mol. The molecule has 0 amide bonds. The second-order valence-electron chi connectivity index (χ2n) is 5.07. The number of hydrogen-bond donors (Lipinski definition) is 3. The molecule has 0 aliphatic rings. The van der Waals surface area contributed by atoms with Crippen molar-refractivity contribution in [3.05, 3.63) is 65.7 Å². The van der Waals surface area contributed by atoms with Gasteiger partial charge in [0.2, 0.25) is 0 Å². The van der Waals surface area contributed by atoms with Gasteiger partial charge in [0.05, 0.1) is 0 Å². The van der Waals surface area contributed by atoms with Gasteiger partial charge in [0.15, 0.2) is 0 Å². The van der Waals surface area contributed by atoms with E-state index in [9.17, 15) is 5.11 Å². The number of anilines is 1. The van der Waals surface area contributed by atoms with Crippen molar-refractivity contribution in [2.75, 3.05) is 5.73 Å². The second-order valence-corrected chi connectivity index (χ2v) is 5.07. The Morgan fingerprint density at radius 1 is 0.909 bits per heavy atom. The molecule has 0 spiro atoms. The van der Waals surface area contributed by atoms with Gasteiger partial charge in [0.25, 0.3) is 0 Å². The summed E-state index contributed by atoms with van der Waals surface area (Å²) in [5, 5.41) is 9.34. The highest BCUT2D eigenvalue weighted by atomic mass is 16.3. The van der Waals surface area contributed by atoms with Gasteiger partial charge in [-0.15, -0.1) is 0 Å². The molecule has 0 bridgehead atoms. The predicted octanol–water partition coefficient (Wildman–Crippen LogP) is 2.35. The smallest absolute Gasteiger partial charge is 0.120 e. The minimum absolute atomic E-state index is 0.683. The molecule has 112 valence electrons. The highest BCUT2D eigenvalue weighted by molar-refractivity contribution is 5.47. The van der Waals surface area contributed by atoms with E-state index >= 15 is 0 Å². The normalized spacial score (nSPS) is 9.23. The molecular weight excluding hydrogens is 272 g/mol. The maximum absolute atomic E-state index is 9.34. The van der Waals surface area contributed by atoms with Crippen molar-refractivity contribution < 1.29 is 5.11 Å². The van der Waals surface area contributed by atoms with E-state index in [0.29, 0.717) is 5.69 Å². The van der Waals surface area contributed by atoms with Crippen LogP contribution in [-0.2, 0) is 0 Å². The van der Waals surface area contributed by atoms with E-state index in [1.165, 1.54) is 0 Å². The lowest BCUT2D eigenvalue weighted by Crippen LogP contribution is -2.14. The summed E-state index contributed by atoms with van der Waals surface area (Å²) in [5.41, 5.74) is 12.1. The van der Waals surface area contributed by atoms with Crippen molar-refractivity contribution in [3.8, 4) is 23.8 Å². The minimum Gasteiger partial charge on any atom is -0.399 e. The van der Waals surface area contributed by atoms with Crippen LogP contribution in [0.4, 0.5) is 5.69 Å². The predicted molar refractivity (Wildman–Crippen MR) is 91.5 cm³/mol. The van der Waals surface area contributed by atoms with Crippen LogP contribution in [0.5, 0.6) is 0 Å². The number of nitrogen functional groups attached to an aromatic ring is 1. The van der Waals surface area contributed by atoms with Crippen LogP contribution in [0.25, 0.3) is 0 Å². The van der Waals surface area contributed by atoms with Crippen LogP contribution in [0.2, 0.25) is 0 Å². The highest BCUT2D eigenvalue weighted by Gasteiger charge is 2.05. The Labute approximate surface area is 132 Å². The van der Waals surface area contributed by atoms with E-state index in [2.05, 4.69) is 23.8 Å². The first-order valence-corrected chi connectivity index (χ1v) is 6.78. The molecule has 22 heavy (non-hydrogen) atoms. The van der Waals surface area contributed by atoms with Gasteiger partial charge >= 0.3 is 0 Å². The standard InChI is InChI=1S/C11H13NO.C8H7N/c1-11(2,13)7-6-9-4-3-5-10(12)8-9;9-7-6-8-4-2-1-3-5-8/h3-5,8,13H,12H2,1-2H3;1-5H,9H2. The summed E-state index contributed by atoms with van der Waals surface area (Å²) in [4.78, 5) is 0. The van der Waals surface area contributed by atoms with Crippen molar-refractivity contribution in [1.82, 2.24) is 0 Å². The summed E-state index contributed by atoms with van der Waals surface area (Å²) in [6, 6.07) is 19.2. The molecular formula is C19H20N2O. The Kier molecular flexibility index (Phi) is 6.57. The van der Waals surface area contributed by atoms with E-state index in [4.69, 9.17) is 11.5 Å². The summed E-state index contributed by atoms with van der Waals surface area (Å²) in [6.45, 7) is 3.29. The first kappa shape index (κ1) is 17.2. The van der Waals surface area contributed by atoms with E-state index in [1.54, 1.807) is 26.0 Å². The number of aliphatic hydroxyl groups is 1. The first-order valence-electron chi connectivity index (χ1n) is 6.78. The van der Waals surface area contributed by atoms with Crippen LogP contribution in [0, 0.1) is 23.8 Å². The van der Waals surface area contributed by atoms with Crippen molar-refractivity contribution in [1.29, 1.82) is 0 Å². The largest absolute Gasteiger partial charge is 0.399 e. The molecule has 0 aliphatic carbocycles. The quantitative estimate of drug-likeness (QED) is 0.396. The van der Waals surface area contributed by atoms with Crippen molar-refractivity contribution >= 4 is 5.69 Å². The number of benzene rings is 2. The molecule has 0 atom stereocenters. The van der Waals surface area contributed by atoms with E-state index in [1.807, 2.05) is 42.5 Å². The summed E-state index contributed by atoms with van der Waals surface area (Å²) in [5.74, 6) is 8.30. The van der Waals surface area contributed by atoms with Crippen LogP contribution >= 0.6 is 0 Å². The summed E-state index contributed by atoms with van der Waals surface area (Å²) < 4.78 is 0. The lowest BCUT2D eigenvalue weighted by Gasteiger charge is -2.05. The lowest BCUT2D eigenvalue weighted by atomic mass is 10.1. The molecule has 0 fully saturated rings. The van der Waals surface area contributed by atoms with Gasteiger partial charge in [-0.25, -0.2) is 0 Å². The number of rotatable bonds is 0. The van der Waals surface area contributed by atoms with Crippen molar-refractivity contribution in [2.24, 2.45) is 5.73 Å². The van der Waals surface area contributed by atoms with Gasteiger partial charge in [-0.1, -0.05) is 36.1 Å². The van der Waals surface area contributed by atoms with Crippen molar-refractivity contribution in [2.45, 2.75) is 19.4 Å². The molecule has 2 rings (SSSR count). The molecule has 0 unspecified atom stereocenters. The molecule has 0 aliphatic heterocycles. The average Bonchev–Trinajstić information content (AvgIpc) is 2.47. The zero-order chi connectivity index (χ0) is 16.4. The van der Waals surface area contributed by atoms with Gasteiger partial charge in [0, 0.05) is 22.9 Å². The third kappa shape index (κ3) is 7.65. The molecule has 2 aromatic rings. The third-order valence-electron chi connectivity index (χ3n) is 2.39. The minimum atomic E-state index is -0.954. The van der Waals surface area contributed by atoms with Crippen LogP contribution in [0.1, 0.15) is 25.0 Å². The molecule has 3 heteroatoms. The Hall–Kier alpha value is -2.88. The maximum atomic E-state index is 9.34. The molecule has 0 aromatic heterocycles. The second kappa shape index (κ2) is 8.42.